The van der Waals surface area contributed by atoms with Gasteiger partial charge in [-0.05, 0) is 62.4 Å². The van der Waals surface area contributed by atoms with E-state index in [0.717, 1.165) is 51.4 Å². The predicted octanol–water partition coefficient (Wildman–Crippen LogP) is -2.38. The number of hydrogen-bond acceptors (Lipinski definition) is 7. The Hall–Kier alpha value is -1.54. The third kappa shape index (κ3) is 23.4. The number of aliphatic carboxylic acids is 2. The third-order valence-electron chi connectivity index (χ3n) is 6.09. The van der Waals surface area contributed by atoms with Crippen LogP contribution in [0.5, 0.6) is 11.5 Å². The maximum absolute atomic E-state index is 11.8. The Bertz CT molecular complexity index is 1080. The first-order valence-corrected chi connectivity index (χ1v) is 14.7. The Balaban J connectivity index is -0.000000735. The molecule has 45 heavy (non-hydrogen) atoms. The summed E-state index contributed by atoms with van der Waals surface area (Å²) in [6.45, 7) is 0.995. The van der Waals surface area contributed by atoms with E-state index in [1.165, 1.54) is 36.4 Å². The van der Waals surface area contributed by atoms with Crippen molar-refractivity contribution < 1.29 is 104 Å². The number of phenolic OH excluding ortho intramolecular Hbond substituents is 1. The van der Waals surface area contributed by atoms with Crippen molar-refractivity contribution in [3.63, 3.8) is 0 Å². The number of rotatable bonds is 18. The molecule has 0 heterocycles. The summed E-state index contributed by atoms with van der Waals surface area (Å²) in [5.41, 5.74) is 0.223. The minimum Gasteiger partial charge on any atom is -0.872 e. The molecule has 2 amide bonds. The topological polar surface area (TPSA) is 210 Å². The van der Waals surface area contributed by atoms with Gasteiger partial charge in [-0.2, -0.15) is 0 Å². The fourth-order valence-electron chi connectivity index (χ4n) is 3.82. The molecule has 0 spiro atoms. The molecule has 0 aromatic heterocycles. The summed E-state index contributed by atoms with van der Waals surface area (Å²) < 4.78 is 0. The first kappa shape index (κ1) is 47.9. The molecule has 0 saturated heterocycles. The van der Waals surface area contributed by atoms with Crippen molar-refractivity contribution in [2.75, 3.05) is 13.1 Å². The molecule has 0 fully saturated rings. The maximum Gasteiger partial charge on any atom is 1.00 e. The van der Waals surface area contributed by atoms with Crippen LogP contribution in [-0.2, 0) is 9.59 Å². The van der Waals surface area contributed by atoms with Gasteiger partial charge in [0.25, 0.3) is 11.8 Å². The van der Waals surface area contributed by atoms with Gasteiger partial charge in [0.2, 0.25) is 0 Å². The molecule has 0 atom stereocenters. The van der Waals surface area contributed by atoms with E-state index in [1.54, 1.807) is 0 Å². The van der Waals surface area contributed by atoms with Crippen LogP contribution in [0.3, 0.4) is 0 Å². The molecular formula is C30H40Cl2N2Na2O9. The molecule has 0 aliphatic heterocycles. The minimum atomic E-state index is -1.02. The Kier molecular flexibility index (Phi) is 30.5. The molecule has 0 bridgehead atoms. The molecule has 2 aromatic carbocycles. The molecule has 240 valence electrons. The van der Waals surface area contributed by atoms with Crippen molar-refractivity contribution in [3.05, 3.63) is 57.6 Å². The number of amides is 2. The van der Waals surface area contributed by atoms with Crippen molar-refractivity contribution in [2.24, 2.45) is 0 Å². The molecular weight excluding hydrogens is 649 g/mol. The van der Waals surface area contributed by atoms with Crippen LogP contribution in [0.15, 0.2) is 36.4 Å². The Labute approximate surface area is 318 Å². The maximum atomic E-state index is 11.8. The smallest absolute Gasteiger partial charge is 0.872 e. The molecule has 2 rings (SSSR count). The van der Waals surface area contributed by atoms with Crippen LogP contribution in [0, 0.1) is 0 Å². The second-order valence-electron chi connectivity index (χ2n) is 9.62. The van der Waals surface area contributed by atoms with Gasteiger partial charge in [0.05, 0.1) is 5.56 Å². The number of aromatic hydroxyl groups is 1. The molecule has 0 radical (unpaired) electrons. The molecule has 0 aliphatic carbocycles. The van der Waals surface area contributed by atoms with Crippen molar-refractivity contribution in [1.29, 1.82) is 0 Å². The van der Waals surface area contributed by atoms with E-state index in [9.17, 15) is 34.5 Å². The monoisotopic (exact) mass is 688 g/mol. The normalized spacial score (nSPS) is 9.64. The van der Waals surface area contributed by atoms with Gasteiger partial charge in [-0.1, -0.05) is 73.5 Å². The number of carboxylic acid groups (broad SMARTS) is 2. The van der Waals surface area contributed by atoms with E-state index >= 15 is 0 Å². The van der Waals surface area contributed by atoms with Gasteiger partial charge >= 0.3 is 65.1 Å². The van der Waals surface area contributed by atoms with E-state index < -0.39 is 17.8 Å². The number of nitrogens with one attached hydrogen (secondary N) is 2. The molecule has 0 saturated carbocycles. The second kappa shape index (κ2) is 28.7. The predicted molar refractivity (Wildman–Crippen MR) is 160 cm³/mol. The molecule has 2 aromatic rings. The second-order valence-corrected chi connectivity index (χ2v) is 10.5. The van der Waals surface area contributed by atoms with Crippen molar-refractivity contribution in [1.82, 2.24) is 10.6 Å². The van der Waals surface area contributed by atoms with Crippen LogP contribution in [0.25, 0.3) is 0 Å². The van der Waals surface area contributed by atoms with E-state index in [1.807, 2.05) is 0 Å². The zero-order chi connectivity index (χ0) is 31.3. The molecule has 15 heteroatoms. The average molecular weight is 690 g/mol. The summed E-state index contributed by atoms with van der Waals surface area (Å²) in [5.74, 6) is -2.98. The van der Waals surface area contributed by atoms with Crippen LogP contribution >= 0.6 is 23.2 Å². The van der Waals surface area contributed by atoms with Crippen LogP contribution in [-0.4, -0.2) is 52.5 Å². The Morgan fingerprint density at radius 3 is 1.60 bits per heavy atom. The van der Waals surface area contributed by atoms with Gasteiger partial charge in [0.15, 0.2) is 0 Å². The standard InChI is InChI=1S/2C15H20ClNO4.2Na.H2O/c2*16-11-7-8-13(18)12(10-11)15(21)17-9-5-3-1-2-4-6-14(19)20;;;/h2*7-8,10,18H,1-6,9H2,(H,17,21)(H,19,20);;;1H2/q;;2*+1;/p-2. The van der Waals surface area contributed by atoms with Gasteiger partial charge in [0.1, 0.15) is 5.75 Å². The van der Waals surface area contributed by atoms with Crippen molar-refractivity contribution in [2.45, 2.75) is 77.0 Å². The number of hydrogen-bond donors (Lipinski definition) is 4. The van der Waals surface area contributed by atoms with Gasteiger partial charge in [0, 0.05) is 41.1 Å². The summed E-state index contributed by atoms with van der Waals surface area (Å²) in [7, 11) is 0. The number of halogens is 2. The van der Waals surface area contributed by atoms with Crippen molar-refractivity contribution in [3.8, 4) is 11.5 Å². The van der Waals surface area contributed by atoms with E-state index in [-0.39, 0.29) is 106 Å². The number of carbonyl (C=O) groups excluding carboxylic acids is 3. The van der Waals surface area contributed by atoms with Crippen LogP contribution in [0.2, 0.25) is 10.0 Å². The van der Waals surface area contributed by atoms with E-state index in [0.29, 0.717) is 36.0 Å². The van der Waals surface area contributed by atoms with Crippen molar-refractivity contribution >= 4 is 47.0 Å². The van der Waals surface area contributed by atoms with E-state index in [2.05, 4.69) is 10.6 Å². The zero-order valence-corrected chi connectivity index (χ0v) is 31.5. The van der Waals surface area contributed by atoms with Crippen LogP contribution < -0.4 is 80.0 Å². The molecule has 0 unspecified atom stereocenters. The molecule has 0 aliphatic rings. The number of carbonyl (C=O) groups is 4. The van der Waals surface area contributed by atoms with Gasteiger partial charge in [-0.3, -0.25) is 14.4 Å². The van der Waals surface area contributed by atoms with Gasteiger partial charge in [-0.25, -0.2) is 0 Å². The fraction of sp³-hybridized carbons (Fsp3) is 0.467. The van der Waals surface area contributed by atoms with Gasteiger partial charge < -0.3 is 41.3 Å². The summed E-state index contributed by atoms with van der Waals surface area (Å²) in [4.78, 5) is 44.1. The number of unbranched alkanes of at least 4 members (excludes halogenated alkanes) is 8. The number of benzene rings is 2. The van der Waals surface area contributed by atoms with Crippen LogP contribution in [0.4, 0.5) is 0 Å². The Morgan fingerprint density at radius 2 is 1.09 bits per heavy atom. The van der Waals surface area contributed by atoms with Crippen LogP contribution in [0.1, 0.15) is 97.8 Å². The summed E-state index contributed by atoms with van der Waals surface area (Å²) in [6, 6.07) is 8.42. The minimum absolute atomic E-state index is 0. The zero-order valence-electron chi connectivity index (χ0n) is 26.0. The number of phenols is 1. The largest absolute Gasteiger partial charge is 1.00 e. The van der Waals surface area contributed by atoms with Gasteiger partial charge in [-0.15, -0.1) is 0 Å². The molecule has 6 N–H and O–H groups in total. The Morgan fingerprint density at radius 1 is 0.667 bits per heavy atom. The average Bonchev–Trinajstić information content (AvgIpc) is 2.94. The SMILES string of the molecule is O.O=C(O)CCCCCCCNC(=O)c1cc(Cl)ccc1O.O=C([O-])CCCCCCCNC(=O)c1cc(Cl)ccc1[O-].[Na+].[Na+]. The summed E-state index contributed by atoms with van der Waals surface area (Å²) in [5, 5.41) is 45.9. The third-order valence-corrected chi connectivity index (χ3v) is 6.56. The fourth-order valence-corrected chi connectivity index (χ4v) is 4.16. The van der Waals surface area contributed by atoms with E-state index in [4.69, 9.17) is 28.3 Å². The first-order chi connectivity index (χ1) is 20.0. The number of carboxylic acids is 2. The first-order valence-electron chi connectivity index (χ1n) is 13.9. The molecule has 11 nitrogen and oxygen atoms in total. The summed E-state index contributed by atoms with van der Waals surface area (Å²) in [6.07, 6.45) is 8.63. The summed E-state index contributed by atoms with van der Waals surface area (Å²) >= 11 is 11.5. The quantitative estimate of drug-likeness (QED) is 0.0979.